The van der Waals surface area contributed by atoms with E-state index in [1.807, 2.05) is 0 Å². The summed E-state index contributed by atoms with van der Waals surface area (Å²) in [6, 6.07) is 0. The van der Waals surface area contributed by atoms with Crippen molar-refractivity contribution < 1.29 is 23.8 Å². The Labute approximate surface area is 108 Å². The minimum absolute atomic E-state index is 0.237. The van der Waals surface area contributed by atoms with Crippen LogP contribution in [0.5, 0.6) is 0 Å². The topological polar surface area (TPSA) is 61.8 Å². The van der Waals surface area contributed by atoms with Crippen molar-refractivity contribution in [1.29, 1.82) is 0 Å². The van der Waals surface area contributed by atoms with Crippen molar-refractivity contribution in [3.63, 3.8) is 0 Å². The van der Waals surface area contributed by atoms with Gasteiger partial charge in [0.15, 0.2) is 0 Å². The molecule has 0 saturated heterocycles. The lowest BCUT2D eigenvalue weighted by molar-refractivity contribution is -0.163. The van der Waals surface area contributed by atoms with Gasteiger partial charge in [-0.1, -0.05) is 12.8 Å². The van der Waals surface area contributed by atoms with Gasteiger partial charge in [-0.05, 0) is 19.8 Å². The lowest BCUT2D eigenvalue weighted by Crippen LogP contribution is -2.35. The smallest absolute Gasteiger partial charge is 0.309 e. The van der Waals surface area contributed by atoms with Gasteiger partial charge in [-0.3, -0.25) is 9.59 Å². The SMILES string of the molecule is CCOC(=O)C1CCCCC1C(=O)OCCOC. The second kappa shape index (κ2) is 8.08. The van der Waals surface area contributed by atoms with E-state index < -0.39 is 0 Å². The highest BCUT2D eigenvalue weighted by molar-refractivity contribution is 5.82. The molecule has 2 atom stereocenters. The number of carbonyl (C=O) groups excluding carboxylic acids is 2. The van der Waals surface area contributed by atoms with Gasteiger partial charge in [0.05, 0.1) is 25.0 Å². The highest BCUT2D eigenvalue weighted by Gasteiger charge is 2.37. The predicted octanol–water partition coefficient (Wildman–Crippen LogP) is 1.55. The van der Waals surface area contributed by atoms with Crippen LogP contribution in [-0.4, -0.2) is 38.9 Å². The van der Waals surface area contributed by atoms with Crippen LogP contribution in [0.2, 0.25) is 0 Å². The average molecular weight is 258 g/mol. The molecule has 0 aromatic carbocycles. The van der Waals surface area contributed by atoms with E-state index in [0.29, 0.717) is 26.1 Å². The molecular formula is C13H22O5. The fourth-order valence-electron chi connectivity index (χ4n) is 2.28. The molecule has 1 aliphatic carbocycles. The van der Waals surface area contributed by atoms with Gasteiger partial charge in [-0.2, -0.15) is 0 Å². The van der Waals surface area contributed by atoms with Gasteiger partial charge in [-0.25, -0.2) is 0 Å². The molecule has 18 heavy (non-hydrogen) atoms. The first kappa shape index (κ1) is 15.0. The van der Waals surface area contributed by atoms with Crippen LogP contribution in [0.25, 0.3) is 0 Å². The number of rotatable bonds is 6. The standard InChI is InChI=1S/C13H22O5/c1-3-17-12(14)10-6-4-5-7-11(10)13(15)18-9-8-16-2/h10-11H,3-9H2,1-2H3. The Morgan fingerprint density at radius 1 is 1.00 bits per heavy atom. The van der Waals surface area contributed by atoms with E-state index >= 15 is 0 Å². The van der Waals surface area contributed by atoms with E-state index in [0.717, 1.165) is 12.8 Å². The Hall–Kier alpha value is -1.10. The first-order chi connectivity index (χ1) is 8.70. The van der Waals surface area contributed by atoms with Crippen LogP contribution in [-0.2, 0) is 23.8 Å². The van der Waals surface area contributed by atoms with E-state index in [-0.39, 0.29) is 30.4 Å². The van der Waals surface area contributed by atoms with Gasteiger partial charge in [-0.15, -0.1) is 0 Å². The van der Waals surface area contributed by atoms with Crippen LogP contribution >= 0.6 is 0 Å². The number of hydrogen-bond acceptors (Lipinski definition) is 5. The Kier molecular flexibility index (Phi) is 6.72. The Balaban J connectivity index is 2.52. The van der Waals surface area contributed by atoms with Crippen LogP contribution in [0.4, 0.5) is 0 Å². The van der Waals surface area contributed by atoms with Gasteiger partial charge in [0.1, 0.15) is 6.61 Å². The first-order valence-corrected chi connectivity index (χ1v) is 6.53. The van der Waals surface area contributed by atoms with Crippen molar-refractivity contribution in [2.45, 2.75) is 32.6 Å². The average Bonchev–Trinajstić information content (AvgIpc) is 2.39. The van der Waals surface area contributed by atoms with E-state index in [1.54, 1.807) is 14.0 Å². The normalized spacial score (nSPS) is 23.4. The van der Waals surface area contributed by atoms with Crippen molar-refractivity contribution >= 4 is 11.9 Å². The summed E-state index contributed by atoms with van der Waals surface area (Å²) in [6.07, 6.45) is 3.34. The molecule has 1 rings (SSSR count). The fraction of sp³-hybridized carbons (Fsp3) is 0.846. The van der Waals surface area contributed by atoms with Crippen LogP contribution in [0.3, 0.4) is 0 Å². The third-order valence-corrected chi connectivity index (χ3v) is 3.19. The molecule has 1 fully saturated rings. The molecule has 0 radical (unpaired) electrons. The van der Waals surface area contributed by atoms with E-state index in [4.69, 9.17) is 14.2 Å². The summed E-state index contributed by atoms with van der Waals surface area (Å²) >= 11 is 0. The first-order valence-electron chi connectivity index (χ1n) is 6.53. The van der Waals surface area contributed by atoms with Gasteiger partial charge < -0.3 is 14.2 Å². The minimum atomic E-state index is -0.352. The molecule has 0 aromatic heterocycles. The maximum absolute atomic E-state index is 11.9. The largest absolute Gasteiger partial charge is 0.466 e. The molecule has 0 aromatic rings. The van der Waals surface area contributed by atoms with Gasteiger partial charge >= 0.3 is 11.9 Å². The van der Waals surface area contributed by atoms with E-state index in [1.165, 1.54) is 0 Å². The Morgan fingerprint density at radius 3 is 2.06 bits per heavy atom. The van der Waals surface area contributed by atoms with Crippen LogP contribution in [0.15, 0.2) is 0 Å². The quantitative estimate of drug-likeness (QED) is 0.534. The van der Waals surface area contributed by atoms with Crippen molar-refractivity contribution in [2.75, 3.05) is 26.9 Å². The Morgan fingerprint density at radius 2 is 1.56 bits per heavy atom. The third kappa shape index (κ3) is 4.29. The molecule has 0 aliphatic heterocycles. The summed E-state index contributed by atoms with van der Waals surface area (Å²) in [6.45, 7) is 2.73. The zero-order valence-corrected chi connectivity index (χ0v) is 11.1. The lowest BCUT2D eigenvalue weighted by Gasteiger charge is -2.28. The van der Waals surface area contributed by atoms with E-state index in [9.17, 15) is 9.59 Å². The molecule has 1 aliphatic rings. The summed E-state index contributed by atoms with van der Waals surface area (Å²) < 4.78 is 14.9. The molecule has 5 nitrogen and oxygen atoms in total. The number of methoxy groups -OCH3 is 1. The molecule has 2 unspecified atom stereocenters. The zero-order valence-electron chi connectivity index (χ0n) is 11.1. The highest BCUT2D eigenvalue weighted by atomic mass is 16.6. The zero-order chi connectivity index (χ0) is 13.4. The molecule has 0 bridgehead atoms. The number of esters is 2. The van der Waals surface area contributed by atoms with Gasteiger partial charge in [0, 0.05) is 7.11 Å². The third-order valence-electron chi connectivity index (χ3n) is 3.19. The minimum Gasteiger partial charge on any atom is -0.466 e. The molecule has 104 valence electrons. The summed E-state index contributed by atoms with van der Waals surface area (Å²) in [5.41, 5.74) is 0. The molecule has 0 N–H and O–H groups in total. The summed E-state index contributed by atoms with van der Waals surface area (Å²) in [7, 11) is 1.55. The summed E-state index contributed by atoms with van der Waals surface area (Å²) in [4.78, 5) is 23.7. The van der Waals surface area contributed by atoms with Gasteiger partial charge in [0.25, 0.3) is 0 Å². The molecular weight excluding hydrogens is 236 g/mol. The number of hydrogen-bond donors (Lipinski definition) is 0. The maximum atomic E-state index is 11.9. The summed E-state index contributed by atoms with van der Waals surface area (Å²) in [5.74, 6) is -1.26. The monoisotopic (exact) mass is 258 g/mol. The fourth-order valence-corrected chi connectivity index (χ4v) is 2.28. The van der Waals surface area contributed by atoms with Crippen LogP contribution < -0.4 is 0 Å². The van der Waals surface area contributed by atoms with Gasteiger partial charge in [0.2, 0.25) is 0 Å². The van der Waals surface area contributed by atoms with Crippen LogP contribution in [0.1, 0.15) is 32.6 Å². The van der Waals surface area contributed by atoms with Crippen molar-refractivity contribution in [1.82, 2.24) is 0 Å². The van der Waals surface area contributed by atoms with Crippen molar-refractivity contribution in [3.05, 3.63) is 0 Å². The molecule has 1 saturated carbocycles. The van der Waals surface area contributed by atoms with Crippen molar-refractivity contribution in [2.24, 2.45) is 11.8 Å². The van der Waals surface area contributed by atoms with Crippen LogP contribution in [0, 0.1) is 11.8 Å². The van der Waals surface area contributed by atoms with E-state index in [2.05, 4.69) is 0 Å². The molecule has 0 heterocycles. The van der Waals surface area contributed by atoms with Crippen molar-refractivity contribution in [3.8, 4) is 0 Å². The second-order valence-electron chi connectivity index (χ2n) is 4.41. The maximum Gasteiger partial charge on any atom is 0.309 e. The predicted molar refractivity (Wildman–Crippen MR) is 64.9 cm³/mol. The summed E-state index contributed by atoms with van der Waals surface area (Å²) in [5, 5.41) is 0. The molecule has 5 heteroatoms. The highest BCUT2D eigenvalue weighted by Crippen LogP contribution is 2.31. The molecule has 0 amide bonds. The second-order valence-corrected chi connectivity index (χ2v) is 4.41. The lowest BCUT2D eigenvalue weighted by atomic mass is 9.79. The molecule has 0 spiro atoms. The number of carbonyl (C=O) groups is 2. The number of ether oxygens (including phenoxy) is 3. The Bertz CT molecular complexity index is 277.